The standard InChI is InChI=1S/C29H31N5O5/c1-33(2)28-24(18-27(37)38)29(34-13-15-39-16-14-34)32-25(31-28)17-20-7-10-23(11-8-20)30-26(36)12-9-21-5-3-4-6-22(21)19-35/h3-12,19H,13-18H2,1-2H3,(H,30,36)(H,37,38)/b12-9+. The van der Waals surface area contributed by atoms with Crippen molar-refractivity contribution in [2.45, 2.75) is 12.8 Å². The van der Waals surface area contributed by atoms with Crippen LogP contribution in [0.25, 0.3) is 6.08 Å². The molecule has 2 N–H and O–H groups in total. The molecule has 0 atom stereocenters. The smallest absolute Gasteiger partial charge is 0.308 e. The van der Waals surface area contributed by atoms with Gasteiger partial charge < -0.3 is 25.0 Å². The third-order valence-corrected chi connectivity index (χ3v) is 6.19. The number of anilines is 3. The Labute approximate surface area is 226 Å². The Morgan fingerprint density at radius 3 is 2.38 bits per heavy atom. The molecule has 10 nitrogen and oxygen atoms in total. The molecular formula is C29H31N5O5. The summed E-state index contributed by atoms with van der Waals surface area (Å²) in [6.45, 7) is 2.35. The summed E-state index contributed by atoms with van der Waals surface area (Å²) in [6, 6.07) is 14.4. The van der Waals surface area contributed by atoms with Gasteiger partial charge >= 0.3 is 5.97 Å². The lowest BCUT2D eigenvalue weighted by molar-refractivity contribution is -0.136. The number of carbonyl (C=O) groups is 3. The highest BCUT2D eigenvalue weighted by Gasteiger charge is 2.24. The minimum atomic E-state index is -0.940. The summed E-state index contributed by atoms with van der Waals surface area (Å²) < 4.78 is 5.47. The maximum atomic E-state index is 12.4. The van der Waals surface area contributed by atoms with Crippen LogP contribution in [0.1, 0.15) is 32.9 Å². The molecule has 1 fully saturated rings. The Morgan fingerprint density at radius 2 is 1.74 bits per heavy atom. The van der Waals surface area contributed by atoms with E-state index in [0.717, 1.165) is 11.8 Å². The summed E-state index contributed by atoms with van der Waals surface area (Å²) in [5, 5.41) is 12.4. The van der Waals surface area contributed by atoms with Crippen molar-refractivity contribution in [3.63, 3.8) is 0 Å². The number of nitrogens with one attached hydrogen (secondary N) is 1. The maximum absolute atomic E-state index is 12.4. The first kappa shape index (κ1) is 27.5. The van der Waals surface area contributed by atoms with Gasteiger partial charge in [-0.1, -0.05) is 36.4 Å². The van der Waals surface area contributed by atoms with Crippen LogP contribution in [0.15, 0.2) is 54.6 Å². The molecule has 1 aromatic heterocycles. The number of carbonyl (C=O) groups excluding carboxylic acids is 2. The number of rotatable bonds is 10. The van der Waals surface area contributed by atoms with Crippen LogP contribution in [0.3, 0.4) is 0 Å². The largest absolute Gasteiger partial charge is 0.481 e. The van der Waals surface area contributed by atoms with Crippen LogP contribution in [0.4, 0.5) is 17.3 Å². The highest BCUT2D eigenvalue weighted by Crippen LogP contribution is 2.28. The molecule has 10 heteroatoms. The predicted octanol–water partition coefficient (Wildman–Crippen LogP) is 3.06. The van der Waals surface area contributed by atoms with Gasteiger partial charge in [0.2, 0.25) is 5.91 Å². The van der Waals surface area contributed by atoms with Crippen molar-refractivity contribution < 1.29 is 24.2 Å². The van der Waals surface area contributed by atoms with Gasteiger partial charge in [-0.25, -0.2) is 9.97 Å². The second-order valence-corrected chi connectivity index (χ2v) is 9.27. The summed E-state index contributed by atoms with van der Waals surface area (Å²) in [5.74, 6) is 0.524. The Kier molecular flexibility index (Phi) is 9.01. The molecule has 4 rings (SSSR count). The number of carboxylic acid groups (broad SMARTS) is 1. The Hall–Kier alpha value is -4.57. The molecule has 1 aliphatic rings. The third-order valence-electron chi connectivity index (χ3n) is 6.19. The van der Waals surface area contributed by atoms with Crippen LogP contribution < -0.4 is 15.1 Å². The lowest BCUT2D eigenvalue weighted by atomic mass is 10.1. The fourth-order valence-corrected chi connectivity index (χ4v) is 4.31. The molecule has 39 heavy (non-hydrogen) atoms. The van der Waals surface area contributed by atoms with Crippen molar-refractivity contribution in [2.75, 3.05) is 55.5 Å². The average molecular weight is 530 g/mol. The maximum Gasteiger partial charge on any atom is 0.308 e. The van der Waals surface area contributed by atoms with E-state index in [1.165, 1.54) is 6.08 Å². The van der Waals surface area contributed by atoms with Gasteiger partial charge in [-0.15, -0.1) is 0 Å². The molecule has 0 bridgehead atoms. The molecule has 1 aliphatic heterocycles. The third kappa shape index (κ3) is 7.26. The minimum absolute atomic E-state index is 0.177. The van der Waals surface area contributed by atoms with E-state index in [4.69, 9.17) is 14.7 Å². The first-order chi connectivity index (χ1) is 18.8. The molecule has 2 aromatic carbocycles. The highest BCUT2D eigenvalue weighted by molar-refractivity contribution is 6.02. The molecule has 2 heterocycles. The van der Waals surface area contributed by atoms with E-state index >= 15 is 0 Å². The molecule has 3 aromatic rings. The summed E-state index contributed by atoms with van der Waals surface area (Å²) in [7, 11) is 3.67. The van der Waals surface area contributed by atoms with Gasteiger partial charge in [0, 0.05) is 56.5 Å². The second-order valence-electron chi connectivity index (χ2n) is 9.27. The van der Waals surface area contributed by atoms with E-state index in [0.29, 0.717) is 72.6 Å². The average Bonchev–Trinajstić information content (AvgIpc) is 2.93. The van der Waals surface area contributed by atoms with Gasteiger partial charge in [0.05, 0.1) is 19.6 Å². The van der Waals surface area contributed by atoms with E-state index in [1.807, 2.05) is 31.1 Å². The quantitative estimate of drug-likeness (QED) is 0.301. The first-order valence-corrected chi connectivity index (χ1v) is 12.6. The number of amides is 1. The van der Waals surface area contributed by atoms with Crippen LogP contribution in [-0.4, -0.2) is 73.6 Å². The molecule has 202 valence electrons. The highest BCUT2D eigenvalue weighted by atomic mass is 16.5. The van der Waals surface area contributed by atoms with Crippen molar-refractivity contribution in [3.8, 4) is 0 Å². The second kappa shape index (κ2) is 12.8. The Balaban J connectivity index is 1.51. The number of ether oxygens (including phenoxy) is 1. The normalized spacial score (nSPS) is 13.3. The summed E-state index contributed by atoms with van der Waals surface area (Å²) >= 11 is 0. The molecule has 0 spiro atoms. The van der Waals surface area contributed by atoms with E-state index in [-0.39, 0.29) is 12.3 Å². The molecule has 1 saturated heterocycles. The zero-order valence-electron chi connectivity index (χ0n) is 22.0. The van der Waals surface area contributed by atoms with Gasteiger partial charge in [0.15, 0.2) is 6.29 Å². The van der Waals surface area contributed by atoms with Crippen molar-refractivity contribution in [3.05, 3.63) is 82.7 Å². The Bertz CT molecular complexity index is 1360. The zero-order valence-corrected chi connectivity index (χ0v) is 22.0. The molecule has 0 radical (unpaired) electrons. The molecule has 0 saturated carbocycles. The van der Waals surface area contributed by atoms with Gasteiger partial charge in [-0.3, -0.25) is 14.4 Å². The molecule has 1 amide bonds. The number of hydrogen-bond donors (Lipinski definition) is 2. The lowest BCUT2D eigenvalue weighted by Gasteiger charge is -2.31. The minimum Gasteiger partial charge on any atom is -0.481 e. The van der Waals surface area contributed by atoms with Gasteiger partial charge in [0.25, 0.3) is 0 Å². The lowest BCUT2D eigenvalue weighted by Crippen LogP contribution is -2.38. The van der Waals surface area contributed by atoms with Crippen molar-refractivity contribution >= 4 is 41.6 Å². The number of nitrogens with zero attached hydrogens (tertiary/aromatic N) is 4. The number of benzene rings is 2. The summed E-state index contributed by atoms with van der Waals surface area (Å²) in [6.07, 6.45) is 4.00. The fourth-order valence-electron chi connectivity index (χ4n) is 4.31. The Morgan fingerprint density at radius 1 is 1.05 bits per heavy atom. The van der Waals surface area contributed by atoms with Crippen LogP contribution in [0.2, 0.25) is 0 Å². The van der Waals surface area contributed by atoms with Crippen LogP contribution >= 0.6 is 0 Å². The monoisotopic (exact) mass is 529 g/mol. The van der Waals surface area contributed by atoms with Crippen LogP contribution in [0.5, 0.6) is 0 Å². The zero-order chi connectivity index (χ0) is 27.8. The summed E-state index contributed by atoms with van der Waals surface area (Å²) in [5.41, 5.74) is 3.32. The number of hydrogen-bond acceptors (Lipinski definition) is 8. The molecule has 0 aliphatic carbocycles. The predicted molar refractivity (Wildman–Crippen MR) is 149 cm³/mol. The van der Waals surface area contributed by atoms with Gasteiger partial charge in [-0.2, -0.15) is 0 Å². The van der Waals surface area contributed by atoms with Gasteiger partial charge in [-0.05, 0) is 29.3 Å². The van der Waals surface area contributed by atoms with Crippen LogP contribution in [-0.2, 0) is 27.2 Å². The van der Waals surface area contributed by atoms with Crippen LogP contribution in [0, 0.1) is 0 Å². The number of morpholine rings is 1. The number of aldehydes is 1. The summed E-state index contributed by atoms with van der Waals surface area (Å²) in [4.78, 5) is 48.6. The van der Waals surface area contributed by atoms with Crippen molar-refractivity contribution in [1.82, 2.24) is 9.97 Å². The first-order valence-electron chi connectivity index (χ1n) is 12.6. The van der Waals surface area contributed by atoms with E-state index < -0.39 is 5.97 Å². The number of aliphatic carboxylic acids is 1. The molecular weight excluding hydrogens is 498 g/mol. The fraction of sp³-hybridized carbons (Fsp3) is 0.276. The van der Waals surface area contributed by atoms with Crippen molar-refractivity contribution in [1.29, 1.82) is 0 Å². The van der Waals surface area contributed by atoms with E-state index in [9.17, 15) is 19.5 Å². The SMILES string of the molecule is CN(C)c1nc(Cc2ccc(NC(=O)/C=C/c3ccccc3C=O)cc2)nc(N2CCOCC2)c1CC(=O)O. The van der Waals surface area contributed by atoms with E-state index in [1.54, 1.807) is 42.5 Å². The number of carboxylic acids is 1. The van der Waals surface area contributed by atoms with Crippen molar-refractivity contribution in [2.24, 2.45) is 0 Å². The van der Waals surface area contributed by atoms with E-state index in [2.05, 4.69) is 10.2 Å². The number of aromatic nitrogens is 2. The molecule has 0 unspecified atom stereocenters. The topological polar surface area (TPSA) is 125 Å². The van der Waals surface area contributed by atoms with Gasteiger partial charge in [0.1, 0.15) is 17.5 Å².